The Kier molecular flexibility index (Phi) is 5.68. The zero-order valence-electron chi connectivity index (χ0n) is 9.05. The maximum Gasteiger partial charge on any atom is 0.128 e. The quantitative estimate of drug-likeness (QED) is 0.597. The number of benzene rings is 1. The van der Waals surface area contributed by atoms with E-state index in [1.54, 1.807) is 24.9 Å². The van der Waals surface area contributed by atoms with Crippen molar-refractivity contribution in [3.63, 3.8) is 0 Å². The van der Waals surface area contributed by atoms with Gasteiger partial charge in [0.05, 0.1) is 6.61 Å². The van der Waals surface area contributed by atoms with Gasteiger partial charge in [-0.25, -0.2) is 4.39 Å². The highest BCUT2D eigenvalue weighted by atomic mass is 32.2. The molecule has 0 heterocycles. The second-order valence-corrected chi connectivity index (χ2v) is 3.94. The molecule has 15 heavy (non-hydrogen) atoms. The first-order chi connectivity index (χ1) is 7.29. The molecule has 1 aromatic rings. The molecule has 0 saturated heterocycles. The zero-order chi connectivity index (χ0) is 11.1. The highest BCUT2D eigenvalue weighted by Crippen LogP contribution is 2.22. The van der Waals surface area contributed by atoms with E-state index in [0.29, 0.717) is 13.2 Å². The van der Waals surface area contributed by atoms with E-state index in [4.69, 9.17) is 4.74 Å². The molecule has 1 rings (SSSR count). The van der Waals surface area contributed by atoms with E-state index < -0.39 is 0 Å². The number of thioether (sulfide) groups is 1. The van der Waals surface area contributed by atoms with Crippen LogP contribution in [0.5, 0.6) is 0 Å². The smallest absolute Gasteiger partial charge is 0.128 e. The van der Waals surface area contributed by atoms with Crippen LogP contribution in [-0.4, -0.2) is 26.5 Å². The zero-order valence-corrected chi connectivity index (χ0v) is 9.86. The molecule has 0 fully saturated rings. The molecule has 0 spiro atoms. The number of halogens is 1. The van der Waals surface area contributed by atoms with Crippen LogP contribution in [0, 0.1) is 5.82 Å². The van der Waals surface area contributed by atoms with E-state index in [9.17, 15) is 4.39 Å². The van der Waals surface area contributed by atoms with Crippen molar-refractivity contribution in [2.24, 2.45) is 0 Å². The summed E-state index contributed by atoms with van der Waals surface area (Å²) in [5.41, 5.74) is 0.737. The lowest BCUT2D eigenvalue weighted by molar-refractivity contribution is 0.199. The number of methoxy groups -OCH3 is 1. The van der Waals surface area contributed by atoms with Crippen LogP contribution >= 0.6 is 11.8 Å². The van der Waals surface area contributed by atoms with Crippen molar-refractivity contribution in [1.82, 2.24) is 5.32 Å². The topological polar surface area (TPSA) is 21.3 Å². The first-order valence-corrected chi connectivity index (χ1v) is 6.03. The summed E-state index contributed by atoms with van der Waals surface area (Å²) >= 11 is 1.56. The fourth-order valence-electron chi connectivity index (χ4n) is 1.29. The van der Waals surface area contributed by atoms with Gasteiger partial charge in [0.2, 0.25) is 0 Å². The van der Waals surface area contributed by atoms with Crippen LogP contribution in [0.15, 0.2) is 23.1 Å². The van der Waals surface area contributed by atoms with Crippen molar-refractivity contribution in [1.29, 1.82) is 0 Å². The van der Waals surface area contributed by atoms with Crippen molar-refractivity contribution in [3.8, 4) is 0 Å². The summed E-state index contributed by atoms with van der Waals surface area (Å²) in [4.78, 5) is 0.986. The number of hydrogen-bond donors (Lipinski definition) is 1. The van der Waals surface area contributed by atoms with Gasteiger partial charge in [-0.1, -0.05) is 6.07 Å². The summed E-state index contributed by atoms with van der Waals surface area (Å²) in [6.45, 7) is 1.92. The first kappa shape index (κ1) is 12.5. The van der Waals surface area contributed by atoms with Crippen molar-refractivity contribution in [2.45, 2.75) is 11.4 Å². The Morgan fingerprint density at radius 3 is 2.93 bits per heavy atom. The molecule has 1 aromatic carbocycles. The van der Waals surface area contributed by atoms with E-state index in [0.717, 1.165) is 17.0 Å². The largest absolute Gasteiger partial charge is 0.383 e. The summed E-state index contributed by atoms with van der Waals surface area (Å²) in [5.74, 6) is -0.147. The van der Waals surface area contributed by atoms with Gasteiger partial charge >= 0.3 is 0 Å². The third kappa shape index (κ3) is 3.81. The van der Waals surface area contributed by atoms with E-state index >= 15 is 0 Å². The second-order valence-electron chi connectivity index (χ2n) is 3.09. The summed E-state index contributed by atoms with van der Waals surface area (Å²) in [5, 5.41) is 3.14. The Labute approximate surface area is 94.2 Å². The molecule has 84 valence electrons. The third-order valence-electron chi connectivity index (χ3n) is 2.08. The predicted molar refractivity (Wildman–Crippen MR) is 61.8 cm³/mol. The highest BCUT2D eigenvalue weighted by molar-refractivity contribution is 7.98. The molecule has 0 atom stereocenters. The van der Waals surface area contributed by atoms with Crippen molar-refractivity contribution in [2.75, 3.05) is 26.5 Å². The molecule has 0 saturated carbocycles. The minimum absolute atomic E-state index is 0.147. The van der Waals surface area contributed by atoms with E-state index in [1.165, 1.54) is 6.07 Å². The Balaban J connectivity index is 2.58. The van der Waals surface area contributed by atoms with Crippen molar-refractivity contribution < 1.29 is 9.13 Å². The second kappa shape index (κ2) is 6.82. The van der Waals surface area contributed by atoms with Gasteiger partial charge in [-0.05, 0) is 18.4 Å². The van der Waals surface area contributed by atoms with Gasteiger partial charge in [0.1, 0.15) is 5.82 Å². The minimum atomic E-state index is -0.147. The van der Waals surface area contributed by atoms with Gasteiger partial charge in [0.15, 0.2) is 0 Å². The van der Waals surface area contributed by atoms with Crippen LogP contribution < -0.4 is 5.32 Å². The fraction of sp³-hybridized carbons (Fsp3) is 0.455. The number of ether oxygens (including phenoxy) is 1. The number of hydrogen-bond acceptors (Lipinski definition) is 3. The summed E-state index contributed by atoms with van der Waals surface area (Å²) in [6, 6.07) is 5.16. The Bertz CT molecular complexity index is 307. The van der Waals surface area contributed by atoms with Gasteiger partial charge in [0, 0.05) is 30.7 Å². The minimum Gasteiger partial charge on any atom is -0.383 e. The maximum atomic E-state index is 13.5. The van der Waals surface area contributed by atoms with Crippen molar-refractivity contribution >= 4 is 11.8 Å². The number of nitrogens with one attached hydrogen (secondary N) is 1. The van der Waals surface area contributed by atoms with Gasteiger partial charge in [0.25, 0.3) is 0 Å². The lowest BCUT2D eigenvalue weighted by Gasteiger charge is -2.09. The lowest BCUT2D eigenvalue weighted by atomic mass is 10.2. The molecule has 1 N–H and O–H groups in total. The van der Waals surface area contributed by atoms with Crippen LogP contribution in [-0.2, 0) is 11.3 Å². The molecule has 0 aliphatic carbocycles. The standard InChI is InChI=1S/C11H16FNOS/c1-14-7-6-13-8-9-10(12)4-3-5-11(9)15-2/h3-5,13H,6-8H2,1-2H3. The first-order valence-electron chi connectivity index (χ1n) is 4.80. The monoisotopic (exact) mass is 229 g/mol. The average Bonchev–Trinajstić information content (AvgIpc) is 2.26. The number of rotatable bonds is 6. The molecule has 0 aliphatic heterocycles. The predicted octanol–water partition coefficient (Wildman–Crippen LogP) is 2.28. The van der Waals surface area contributed by atoms with Crippen LogP contribution in [0.25, 0.3) is 0 Å². The van der Waals surface area contributed by atoms with Crippen LogP contribution in [0.4, 0.5) is 4.39 Å². The molecule has 0 amide bonds. The average molecular weight is 229 g/mol. The molecular formula is C11H16FNOS. The summed E-state index contributed by atoms with van der Waals surface area (Å²) < 4.78 is 18.4. The van der Waals surface area contributed by atoms with Gasteiger partial charge in [-0.3, -0.25) is 0 Å². The van der Waals surface area contributed by atoms with Gasteiger partial charge in [-0.15, -0.1) is 11.8 Å². The molecule has 4 heteroatoms. The molecule has 2 nitrogen and oxygen atoms in total. The maximum absolute atomic E-state index is 13.5. The Hall–Kier alpha value is -0.580. The molecule has 0 unspecified atom stereocenters. The van der Waals surface area contributed by atoms with E-state index in [1.807, 2.05) is 12.3 Å². The van der Waals surface area contributed by atoms with Gasteiger partial charge < -0.3 is 10.1 Å². The summed E-state index contributed by atoms with van der Waals surface area (Å²) in [7, 11) is 1.65. The molecule has 0 radical (unpaired) electrons. The molecule has 0 bridgehead atoms. The third-order valence-corrected chi connectivity index (χ3v) is 2.90. The molecule has 0 aromatic heterocycles. The Morgan fingerprint density at radius 1 is 1.47 bits per heavy atom. The lowest BCUT2D eigenvalue weighted by Crippen LogP contribution is -2.19. The van der Waals surface area contributed by atoms with Gasteiger partial charge in [-0.2, -0.15) is 0 Å². The normalized spacial score (nSPS) is 10.6. The fourth-order valence-corrected chi connectivity index (χ4v) is 1.92. The molecular weight excluding hydrogens is 213 g/mol. The van der Waals surface area contributed by atoms with E-state index in [-0.39, 0.29) is 5.82 Å². The van der Waals surface area contributed by atoms with Crippen LogP contribution in [0.2, 0.25) is 0 Å². The SMILES string of the molecule is COCCNCc1c(F)cccc1SC. The highest BCUT2D eigenvalue weighted by Gasteiger charge is 2.06. The van der Waals surface area contributed by atoms with Crippen LogP contribution in [0.3, 0.4) is 0 Å². The Morgan fingerprint density at radius 2 is 2.27 bits per heavy atom. The summed E-state index contributed by atoms with van der Waals surface area (Å²) in [6.07, 6.45) is 1.95. The van der Waals surface area contributed by atoms with Crippen LogP contribution in [0.1, 0.15) is 5.56 Å². The van der Waals surface area contributed by atoms with E-state index in [2.05, 4.69) is 5.32 Å². The van der Waals surface area contributed by atoms with Crippen molar-refractivity contribution in [3.05, 3.63) is 29.6 Å². The molecule has 0 aliphatic rings.